The van der Waals surface area contributed by atoms with Gasteiger partial charge in [-0.25, -0.2) is 0 Å². The Morgan fingerprint density at radius 1 is 1.35 bits per heavy atom. The van der Waals surface area contributed by atoms with Gasteiger partial charge in [-0.15, -0.1) is 0 Å². The molecule has 2 aliphatic heterocycles. The lowest BCUT2D eigenvalue weighted by Gasteiger charge is -2.40. The molecule has 0 aliphatic carbocycles. The van der Waals surface area contributed by atoms with Gasteiger partial charge >= 0.3 is 0 Å². The van der Waals surface area contributed by atoms with E-state index < -0.39 is 0 Å². The minimum absolute atomic E-state index is 0.0595. The Hall–Kier alpha value is -0.870. The second-order valence-electron chi connectivity index (χ2n) is 6.57. The number of benzene rings is 1. The van der Waals surface area contributed by atoms with Crippen LogP contribution in [0.1, 0.15) is 37.0 Å². The van der Waals surface area contributed by atoms with Crippen LogP contribution in [0.4, 0.5) is 0 Å². The molecule has 2 atom stereocenters. The lowest BCUT2D eigenvalue weighted by molar-refractivity contribution is -0.0607. The van der Waals surface area contributed by atoms with Crippen molar-refractivity contribution < 1.29 is 14.3 Å². The van der Waals surface area contributed by atoms with Crippen molar-refractivity contribution in [1.29, 1.82) is 0 Å². The molecular formula is C16H19BrO3. The summed E-state index contributed by atoms with van der Waals surface area (Å²) >= 11 is 3.40. The van der Waals surface area contributed by atoms with E-state index in [2.05, 4.69) is 29.8 Å². The Morgan fingerprint density at radius 2 is 2.15 bits per heavy atom. The van der Waals surface area contributed by atoms with Gasteiger partial charge in [-0.1, -0.05) is 29.8 Å². The Bertz CT molecular complexity index is 539. The fourth-order valence-corrected chi connectivity index (χ4v) is 3.50. The second-order valence-corrected chi connectivity index (χ2v) is 7.48. The number of halogens is 1. The van der Waals surface area contributed by atoms with Crippen LogP contribution < -0.4 is 4.74 Å². The van der Waals surface area contributed by atoms with Crippen LogP contribution in [-0.4, -0.2) is 25.1 Å². The molecule has 20 heavy (non-hydrogen) atoms. The van der Waals surface area contributed by atoms with E-state index >= 15 is 0 Å². The predicted molar refractivity (Wildman–Crippen MR) is 80.2 cm³/mol. The first-order valence-electron chi connectivity index (χ1n) is 7.02. The summed E-state index contributed by atoms with van der Waals surface area (Å²) in [5.41, 5.74) is 0.849. The first-order valence-corrected chi connectivity index (χ1v) is 7.81. The van der Waals surface area contributed by atoms with Crippen molar-refractivity contribution in [3.63, 3.8) is 0 Å². The molecule has 2 heterocycles. The van der Waals surface area contributed by atoms with Gasteiger partial charge in [0.2, 0.25) is 0 Å². The number of fused-ring (bicyclic) bond motifs is 1. The van der Waals surface area contributed by atoms with E-state index in [1.165, 1.54) is 0 Å². The number of hydrogen-bond donors (Lipinski definition) is 0. The molecule has 4 heteroatoms. The molecule has 3 rings (SSSR count). The largest absolute Gasteiger partial charge is 0.489 e. The average molecular weight is 339 g/mol. The molecule has 1 aromatic carbocycles. The van der Waals surface area contributed by atoms with Gasteiger partial charge in [0.1, 0.15) is 11.9 Å². The molecule has 108 valence electrons. The summed E-state index contributed by atoms with van der Waals surface area (Å²) in [6.45, 7) is 5.88. The van der Waals surface area contributed by atoms with E-state index in [1.54, 1.807) is 0 Å². The van der Waals surface area contributed by atoms with Crippen molar-refractivity contribution in [2.24, 2.45) is 11.3 Å². The number of ether oxygens (including phenoxy) is 2. The van der Waals surface area contributed by atoms with Crippen molar-refractivity contribution in [2.75, 3.05) is 13.2 Å². The van der Waals surface area contributed by atoms with Crippen LogP contribution in [0, 0.1) is 11.3 Å². The highest BCUT2D eigenvalue weighted by Gasteiger charge is 2.38. The molecule has 0 N–H and O–H groups in total. The fourth-order valence-electron chi connectivity index (χ4n) is 3.14. The third kappa shape index (κ3) is 2.77. The van der Waals surface area contributed by atoms with Gasteiger partial charge < -0.3 is 9.47 Å². The van der Waals surface area contributed by atoms with E-state index in [9.17, 15) is 4.79 Å². The highest BCUT2D eigenvalue weighted by Crippen LogP contribution is 2.38. The van der Waals surface area contributed by atoms with Crippen LogP contribution in [-0.2, 0) is 4.74 Å². The Morgan fingerprint density at radius 3 is 2.90 bits per heavy atom. The smallest absolute Gasteiger partial charge is 0.170 e. The van der Waals surface area contributed by atoms with Gasteiger partial charge in [-0.05, 0) is 30.0 Å². The van der Waals surface area contributed by atoms with Crippen LogP contribution in [0.15, 0.2) is 22.7 Å². The van der Waals surface area contributed by atoms with E-state index in [0.29, 0.717) is 30.3 Å². The number of Topliss-reactive ketones (excluding diaryl/α,β-unsaturated/α-hetero) is 1. The highest BCUT2D eigenvalue weighted by atomic mass is 79.9. The third-order valence-corrected chi connectivity index (χ3v) is 4.57. The monoisotopic (exact) mass is 338 g/mol. The molecule has 3 nitrogen and oxygen atoms in total. The molecule has 1 aromatic rings. The van der Waals surface area contributed by atoms with Crippen LogP contribution in [0.3, 0.4) is 0 Å². The topological polar surface area (TPSA) is 35.5 Å². The molecule has 0 amide bonds. The standard InChI is InChI=1S/C16H19BrO3/c1-16(2)7-10(8-19-9-16)15-6-13(18)12-5-11(17)3-4-14(12)20-15/h3-5,10,15H,6-9H2,1-2H3. The minimum Gasteiger partial charge on any atom is -0.489 e. The highest BCUT2D eigenvalue weighted by molar-refractivity contribution is 9.10. The van der Waals surface area contributed by atoms with Crippen molar-refractivity contribution in [3.05, 3.63) is 28.2 Å². The zero-order valence-corrected chi connectivity index (χ0v) is 13.4. The van der Waals surface area contributed by atoms with Crippen LogP contribution in [0.2, 0.25) is 0 Å². The van der Waals surface area contributed by atoms with Gasteiger partial charge in [0.05, 0.1) is 18.8 Å². The summed E-state index contributed by atoms with van der Waals surface area (Å²) < 4.78 is 12.7. The van der Waals surface area contributed by atoms with Crippen molar-refractivity contribution in [3.8, 4) is 5.75 Å². The minimum atomic E-state index is -0.0595. The van der Waals surface area contributed by atoms with Gasteiger partial charge in [-0.3, -0.25) is 4.79 Å². The Balaban J connectivity index is 1.81. The lowest BCUT2D eigenvalue weighted by Crippen LogP contribution is -2.42. The maximum absolute atomic E-state index is 12.3. The number of ketones is 1. The fraction of sp³-hybridized carbons (Fsp3) is 0.562. The first-order chi connectivity index (χ1) is 9.44. The summed E-state index contributed by atoms with van der Waals surface area (Å²) in [7, 11) is 0. The number of hydrogen-bond acceptors (Lipinski definition) is 3. The van der Waals surface area contributed by atoms with Gasteiger partial charge in [0, 0.05) is 16.8 Å². The summed E-state index contributed by atoms with van der Waals surface area (Å²) in [6.07, 6.45) is 1.43. The summed E-state index contributed by atoms with van der Waals surface area (Å²) in [5.74, 6) is 1.17. The zero-order valence-electron chi connectivity index (χ0n) is 11.8. The number of carbonyl (C=O) groups is 1. The van der Waals surface area contributed by atoms with Crippen molar-refractivity contribution in [1.82, 2.24) is 0 Å². The molecule has 0 radical (unpaired) electrons. The molecular weight excluding hydrogens is 320 g/mol. The van der Waals surface area contributed by atoms with Crippen LogP contribution in [0.25, 0.3) is 0 Å². The van der Waals surface area contributed by atoms with Gasteiger partial charge in [0.15, 0.2) is 5.78 Å². The van der Waals surface area contributed by atoms with Crippen molar-refractivity contribution >= 4 is 21.7 Å². The van der Waals surface area contributed by atoms with E-state index in [1.807, 2.05) is 18.2 Å². The maximum Gasteiger partial charge on any atom is 0.170 e. The maximum atomic E-state index is 12.3. The van der Waals surface area contributed by atoms with Crippen LogP contribution >= 0.6 is 15.9 Å². The normalized spacial score (nSPS) is 28.6. The number of rotatable bonds is 1. The molecule has 2 aliphatic rings. The van der Waals surface area contributed by atoms with Gasteiger partial charge in [-0.2, -0.15) is 0 Å². The third-order valence-electron chi connectivity index (χ3n) is 4.07. The summed E-state index contributed by atoms with van der Waals surface area (Å²) in [6, 6.07) is 5.63. The molecule has 0 saturated carbocycles. The Labute approximate surface area is 127 Å². The Kier molecular flexibility index (Phi) is 3.63. The van der Waals surface area contributed by atoms with E-state index in [0.717, 1.165) is 17.5 Å². The molecule has 1 fully saturated rings. The molecule has 1 saturated heterocycles. The van der Waals surface area contributed by atoms with Crippen molar-refractivity contribution in [2.45, 2.75) is 32.8 Å². The zero-order chi connectivity index (χ0) is 14.3. The summed E-state index contributed by atoms with van der Waals surface area (Å²) in [5, 5.41) is 0. The SMILES string of the molecule is CC1(C)COCC(C2CC(=O)c3cc(Br)ccc3O2)C1. The van der Waals surface area contributed by atoms with E-state index in [-0.39, 0.29) is 17.3 Å². The second kappa shape index (κ2) is 5.15. The van der Waals surface area contributed by atoms with Gasteiger partial charge in [0.25, 0.3) is 0 Å². The van der Waals surface area contributed by atoms with Crippen LogP contribution in [0.5, 0.6) is 5.75 Å². The average Bonchev–Trinajstić information content (AvgIpc) is 2.38. The molecule has 0 spiro atoms. The quantitative estimate of drug-likeness (QED) is 0.780. The predicted octanol–water partition coefficient (Wildman–Crippen LogP) is 3.85. The molecule has 0 bridgehead atoms. The molecule has 0 aromatic heterocycles. The summed E-state index contributed by atoms with van der Waals surface area (Å²) in [4.78, 5) is 12.3. The number of carbonyl (C=O) groups excluding carboxylic acids is 1. The van der Waals surface area contributed by atoms with E-state index in [4.69, 9.17) is 9.47 Å². The lowest BCUT2D eigenvalue weighted by atomic mass is 9.78. The molecule has 2 unspecified atom stereocenters. The first kappa shape index (κ1) is 14.1.